The van der Waals surface area contributed by atoms with E-state index in [0.717, 1.165) is 17.1 Å². The van der Waals surface area contributed by atoms with Crippen LogP contribution in [0.25, 0.3) is 0 Å². The standard InChI is InChI=1S/C20H22O2S2/c1-4-19(21)22-18-8-6-5-7-17(18)20-23-11-15-9-13(2)14(3)10-16(15)12-24-20/h5-10,20H,4,11-12H2,1-3H3. The van der Waals surface area contributed by atoms with Gasteiger partial charge in [0.25, 0.3) is 0 Å². The predicted molar refractivity (Wildman–Crippen MR) is 104 cm³/mol. The Hall–Kier alpha value is -1.39. The third kappa shape index (κ3) is 3.81. The number of esters is 1. The van der Waals surface area contributed by atoms with Crippen molar-refractivity contribution in [2.45, 2.75) is 43.3 Å². The molecule has 2 aromatic rings. The summed E-state index contributed by atoms with van der Waals surface area (Å²) in [6.07, 6.45) is 0.392. The molecule has 0 unspecified atom stereocenters. The van der Waals surface area contributed by atoms with Crippen molar-refractivity contribution in [1.29, 1.82) is 0 Å². The summed E-state index contributed by atoms with van der Waals surface area (Å²) in [6.45, 7) is 6.17. The zero-order valence-corrected chi connectivity index (χ0v) is 15.9. The van der Waals surface area contributed by atoms with E-state index >= 15 is 0 Å². The number of aryl methyl sites for hydroxylation is 2. The second kappa shape index (κ2) is 7.66. The summed E-state index contributed by atoms with van der Waals surface area (Å²) in [5.41, 5.74) is 6.68. The van der Waals surface area contributed by atoms with Crippen LogP contribution in [0.1, 0.15) is 45.7 Å². The fourth-order valence-electron chi connectivity index (χ4n) is 2.73. The van der Waals surface area contributed by atoms with E-state index in [9.17, 15) is 4.79 Å². The van der Waals surface area contributed by atoms with Gasteiger partial charge in [0.2, 0.25) is 0 Å². The Morgan fingerprint density at radius 3 is 2.25 bits per heavy atom. The largest absolute Gasteiger partial charge is 0.426 e. The van der Waals surface area contributed by atoms with Crippen LogP contribution in [0.15, 0.2) is 36.4 Å². The first-order valence-corrected chi connectivity index (χ1v) is 10.3. The van der Waals surface area contributed by atoms with Crippen LogP contribution in [0.5, 0.6) is 5.75 Å². The maximum Gasteiger partial charge on any atom is 0.310 e. The van der Waals surface area contributed by atoms with Gasteiger partial charge in [0.15, 0.2) is 0 Å². The van der Waals surface area contributed by atoms with Crippen molar-refractivity contribution in [2.24, 2.45) is 0 Å². The number of fused-ring (bicyclic) bond motifs is 1. The van der Waals surface area contributed by atoms with Crippen LogP contribution in [0.3, 0.4) is 0 Å². The molecule has 0 aliphatic carbocycles. The van der Waals surface area contributed by atoms with Crippen LogP contribution >= 0.6 is 23.5 Å². The highest BCUT2D eigenvalue weighted by Gasteiger charge is 2.22. The highest BCUT2D eigenvalue weighted by Crippen LogP contribution is 2.48. The molecule has 0 aromatic heterocycles. The maximum absolute atomic E-state index is 11.7. The number of carbonyl (C=O) groups excluding carboxylic acids is 1. The van der Waals surface area contributed by atoms with Crippen molar-refractivity contribution >= 4 is 29.5 Å². The number of ether oxygens (including phenoxy) is 1. The fourth-order valence-corrected chi connectivity index (χ4v) is 5.47. The SMILES string of the molecule is CCC(=O)Oc1ccccc1C1SCc2cc(C)c(C)cc2CS1. The van der Waals surface area contributed by atoms with E-state index in [-0.39, 0.29) is 10.6 Å². The maximum atomic E-state index is 11.7. The third-order valence-corrected chi connectivity index (χ3v) is 7.17. The van der Waals surface area contributed by atoms with E-state index < -0.39 is 0 Å². The Labute approximate surface area is 152 Å². The summed E-state index contributed by atoms with van der Waals surface area (Å²) in [6, 6.07) is 12.6. The molecule has 1 heterocycles. The average molecular weight is 359 g/mol. The Morgan fingerprint density at radius 1 is 1.08 bits per heavy atom. The lowest BCUT2D eigenvalue weighted by Crippen LogP contribution is -2.07. The summed E-state index contributed by atoms with van der Waals surface area (Å²) < 4.78 is 5.82. The Bertz CT molecular complexity index is 722. The minimum absolute atomic E-state index is 0.180. The highest BCUT2D eigenvalue weighted by molar-refractivity contribution is 8.15. The van der Waals surface area contributed by atoms with Crippen molar-refractivity contribution in [3.63, 3.8) is 0 Å². The van der Waals surface area contributed by atoms with E-state index in [0.29, 0.717) is 12.2 Å². The predicted octanol–water partition coefficient (Wildman–Crippen LogP) is 5.80. The first-order chi connectivity index (χ1) is 11.6. The van der Waals surface area contributed by atoms with Crippen molar-refractivity contribution in [1.82, 2.24) is 0 Å². The smallest absolute Gasteiger partial charge is 0.310 e. The molecule has 4 heteroatoms. The van der Waals surface area contributed by atoms with Crippen LogP contribution in [-0.2, 0) is 16.3 Å². The van der Waals surface area contributed by atoms with E-state index in [1.807, 2.05) is 48.6 Å². The summed E-state index contributed by atoms with van der Waals surface area (Å²) in [5.74, 6) is 2.50. The van der Waals surface area contributed by atoms with Gasteiger partial charge in [-0.3, -0.25) is 4.79 Å². The first-order valence-electron chi connectivity index (χ1n) is 8.20. The summed E-state index contributed by atoms with van der Waals surface area (Å²) in [7, 11) is 0. The molecule has 0 bridgehead atoms. The normalized spacial score (nSPS) is 14.8. The number of rotatable bonds is 3. The molecule has 126 valence electrons. The molecule has 0 atom stereocenters. The molecule has 0 amide bonds. The van der Waals surface area contributed by atoms with Crippen LogP contribution in [0.2, 0.25) is 0 Å². The van der Waals surface area contributed by atoms with Crippen LogP contribution in [-0.4, -0.2) is 5.97 Å². The summed E-state index contributed by atoms with van der Waals surface area (Å²) in [5, 5.41) is 0. The molecule has 0 fully saturated rings. The van der Waals surface area contributed by atoms with Gasteiger partial charge in [-0.2, -0.15) is 0 Å². The Balaban J connectivity index is 1.84. The molecule has 2 aromatic carbocycles. The van der Waals surface area contributed by atoms with Gasteiger partial charge in [-0.05, 0) is 42.2 Å². The topological polar surface area (TPSA) is 26.3 Å². The lowest BCUT2D eigenvalue weighted by molar-refractivity contribution is -0.134. The van der Waals surface area contributed by atoms with E-state index in [4.69, 9.17) is 4.74 Å². The fraction of sp³-hybridized carbons (Fsp3) is 0.350. The molecule has 3 rings (SSSR count). The molecule has 2 nitrogen and oxygen atoms in total. The number of thioether (sulfide) groups is 2. The third-order valence-electron chi connectivity index (χ3n) is 4.28. The average Bonchev–Trinajstić information content (AvgIpc) is 2.78. The van der Waals surface area contributed by atoms with Gasteiger partial charge in [-0.15, -0.1) is 23.5 Å². The lowest BCUT2D eigenvalue weighted by Gasteiger charge is -2.17. The summed E-state index contributed by atoms with van der Waals surface area (Å²) >= 11 is 3.83. The van der Waals surface area contributed by atoms with Gasteiger partial charge < -0.3 is 4.74 Å². The number of carbonyl (C=O) groups is 1. The zero-order valence-electron chi connectivity index (χ0n) is 14.3. The number of para-hydroxylation sites is 1. The monoisotopic (exact) mass is 358 g/mol. The quantitative estimate of drug-likeness (QED) is 0.512. The van der Waals surface area contributed by atoms with Crippen LogP contribution in [0, 0.1) is 13.8 Å². The number of hydrogen-bond donors (Lipinski definition) is 0. The zero-order chi connectivity index (χ0) is 17.1. The molecule has 0 N–H and O–H groups in total. The van der Waals surface area contributed by atoms with E-state index in [2.05, 4.69) is 32.0 Å². The second-order valence-electron chi connectivity index (χ2n) is 6.02. The highest BCUT2D eigenvalue weighted by atomic mass is 32.2. The van der Waals surface area contributed by atoms with Crippen molar-refractivity contribution in [3.8, 4) is 5.75 Å². The van der Waals surface area contributed by atoms with E-state index in [1.165, 1.54) is 22.3 Å². The van der Waals surface area contributed by atoms with Gasteiger partial charge in [0.05, 0.1) is 4.58 Å². The molecule has 1 aliphatic heterocycles. The van der Waals surface area contributed by atoms with Crippen LogP contribution < -0.4 is 4.74 Å². The van der Waals surface area contributed by atoms with Crippen LogP contribution in [0.4, 0.5) is 0 Å². The van der Waals surface area contributed by atoms with E-state index in [1.54, 1.807) is 0 Å². The molecule has 0 saturated heterocycles. The number of benzene rings is 2. The van der Waals surface area contributed by atoms with Gasteiger partial charge in [-0.25, -0.2) is 0 Å². The number of hydrogen-bond acceptors (Lipinski definition) is 4. The molecule has 0 saturated carbocycles. The van der Waals surface area contributed by atoms with Crippen molar-refractivity contribution < 1.29 is 9.53 Å². The van der Waals surface area contributed by atoms with Gasteiger partial charge in [0.1, 0.15) is 5.75 Å². The molecular weight excluding hydrogens is 336 g/mol. The van der Waals surface area contributed by atoms with Crippen molar-refractivity contribution in [2.75, 3.05) is 0 Å². The minimum atomic E-state index is -0.180. The minimum Gasteiger partial charge on any atom is -0.426 e. The summed E-state index contributed by atoms with van der Waals surface area (Å²) in [4.78, 5) is 11.7. The molecule has 24 heavy (non-hydrogen) atoms. The van der Waals surface area contributed by atoms with Crippen molar-refractivity contribution in [3.05, 3.63) is 64.2 Å². The van der Waals surface area contributed by atoms with Gasteiger partial charge in [0, 0.05) is 23.5 Å². The lowest BCUT2D eigenvalue weighted by atomic mass is 10.0. The van der Waals surface area contributed by atoms with Gasteiger partial charge in [-0.1, -0.05) is 37.3 Å². The van der Waals surface area contributed by atoms with Gasteiger partial charge >= 0.3 is 5.97 Å². The molecule has 0 radical (unpaired) electrons. The first kappa shape index (κ1) is 17.4. The molecule has 0 spiro atoms. The second-order valence-corrected chi connectivity index (χ2v) is 8.51. The molecular formula is C20H22O2S2. The Morgan fingerprint density at radius 2 is 1.67 bits per heavy atom. The molecule has 1 aliphatic rings. The Kier molecular flexibility index (Phi) is 5.57.